The Bertz CT molecular complexity index is 664. The highest BCUT2D eigenvalue weighted by molar-refractivity contribution is 5.79. The highest BCUT2D eigenvalue weighted by atomic mass is 16.3. The Hall–Kier alpha value is -2.21. The molecule has 0 spiro atoms. The van der Waals surface area contributed by atoms with Crippen LogP contribution in [0, 0.1) is 19.8 Å². The maximum atomic E-state index is 12.5. The number of aryl methyl sites for hydroxylation is 2. The molecule has 1 aliphatic rings. The minimum Gasteiger partial charge on any atom is -0.391 e. The monoisotopic (exact) mass is 314 g/mol. The number of nitrogens with one attached hydrogen (secondary N) is 1. The van der Waals surface area contributed by atoms with Crippen LogP contribution in [0.15, 0.2) is 24.4 Å². The lowest BCUT2D eigenvalue weighted by Crippen LogP contribution is -2.31. The van der Waals surface area contributed by atoms with E-state index in [1.807, 2.05) is 32.0 Å². The van der Waals surface area contributed by atoms with Crippen molar-refractivity contribution < 1.29 is 9.90 Å². The quantitative estimate of drug-likeness (QED) is 0.883. The van der Waals surface area contributed by atoms with E-state index in [2.05, 4.69) is 15.2 Å². The summed E-state index contributed by atoms with van der Waals surface area (Å²) in [4.78, 5) is 18.6. The van der Waals surface area contributed by atoms with E-state index < -0.39 is 6.10 Å². The standard InChI is InChI=1S/C17H22N4O2/c1-11-15(12(2)20-19-11)8-17(23)21-9-13(16(22)10-21)7-14-5-3-4-6-18-14/h3-6,13,16,22H,7-10H2,1-2H3,(H,19,20)/t13-,16-/m1/s1. The third kappa shape index (κ3) is 3.42. The van der Waals surface area contributed by atoms with Gasteiger partial charge < -0.3 is 10.0 Å². The summed E-state index contributed by atoms with van der Waals surface area (Å²) >= 11 is 0. The van der Waals surface area contributed by atoms with Crippen molar-refractivity contribution in [3.63, 3.8) is 0 Å². The predicted octanol–water partition coefficient (Wildman–Crippen LogP) is 1.03. The average molecular weight is 314 g/mol. The second-order valence-corrected chi connectivity index (χ2v) is 6.24. The molecule has 2 atom stereocenters. The molecule has 1 saturated heterocycles. The molecule has 2 N–H and O–H groups in total. The van der Waals surface area contributed by atoms with Gasteiger partial charge in [-0.2, -0.15) is 5.10 Å². The molecule has 1 amide bonds. The first-order chi connectivity index (χ1) is 11.0. The molecule has 3 rings (SSSR count). The van der Waals surface area contributed by atoms with Gasteiger partial charge in [0.1, 0.15) is 0 Å². The molecular weight excluding hydrogens is 292 g/mol. The summed E-state index contributed by atoms with van der Waals surface area (Å²) in [5, 5.41) is 17.3. The summed E-state index contributed by atoms with van der Waals surface area (Å²) in [7, 11) is 0. The number of aromatic amines is 1. The fraction of sp³-hybridized carbons (Fsp3) is 0.471. The Labute approximate surface area is 135 Å². The first-order valence-electron chi connectivity index (χ1n) is 7.90. The van der Waals surface area contributed by atoms with Crippen LogP contribution < -0.4 is 0 Å². The summed E-state index contributed by atoms with van der Waals surface area (Å²) in [6, 6.07) is 5.77. The number of likely N-dealkylation sites (tertiary alicyclic amines) is 1. The van der Waals surface area contributed by atoms with Crippen LogP contribution in [-0.4, -0.2) is 50.3 Å². The van der Waals surface area contributed by atoms with Crippen molar-refractivity contribution in [3.05, 3.63) is 47.0 Å². The van der Waals surface area contributed by atoms with E-state index in [1.54, 1.807) is 11.1 Å². The van der Waals surface area contributed by atoms with Gasteiger partial charge >= 0.3 is 0 Å². The third-order valence-electron chi connectivity index (χ3n) is 4.57. The molecule has 1 fully saturated rings. The van der Waals surface area contributed by atoms with Crippen LogP contribution in [-0.2, 0) is 17.6 Å². The van der Waals surface area contributed by atoms with Gasteiger partial charge in [0, 0.05) is 42.2 Å². The maximum Gasteiger partial charge on any atom is 0.227 e. The molecule has 0 bridgehead atoms. The van der Waals surface area contributed by atoms with Crippen LogP contribution in [0.3, 0.4) is 0 Å². The van der Waals surface area contributed by atoms with E-state index >= 15 is 0 Å². The van der Waals surface area contributed by atoms with Gasteiger partial charge in [0.15, 0.2) is 0 Å². The lowest BCUT2D eigenvalue weighted by atomic mass is 10.00. The summed E-state index contributed by atoms with van der Waals surface area (Å²) in [5.41, 5.74) is 3.70. The third-order valence-corrected chi connectivity index (χ3v) is 4.57. The molecule has 0 saturated carbocycles. The highest BCUT2D eigenvalue weighted by Crippen LogP contribution is 2.22. The number of H-pyrrole nitrogens is 1. The lowest BCUT2D eigenvalue weighted by molar-refractivity contribution is -0.129. The molecule has 0 aromatic carbocycles. The molecule has 0 unspecified atom stereocenters. The fourth-order valence-corrected chi connectivity index (χ4v) is 3.14. The number of aromatic nitrogens is 3. The van der Waals surface area contributed by atoms with Gasteiger partial charge in [0.05, 0.1) is 18.2 Å². The number of aliphatic hydroxyl groups is 1. The van der Waals surface area contributed by atoms with Gasteiger partial charge in [0.25, 0.3) is 0 Å². The van der Waals surface area contributed by atoms with Crippen molar-refractivity contribution in [3.8, 4) is 0 Å². The van der Waals surface area contributed by atoms with Gasteiger partial charge in [0.2, 0.25) is 5.91 Å². The first kappa shape index (κ1) is 15.7. The van der Waals surface area contributed by atoms with Crippen LogP contribution >= 0.6 is 0 Å². The van der Waals surface area contributed by atoms with Crippen molar-refractivity contribution in [2.75, 3.05) is 13.1 Å². The number of carbonyl (C=O) groups is 1. The summed E-state index contributed by atoms with van der Waals surface area (Å²) in [6.45, 7) is 4.79. The average Bonchev–Trinajstić information content (AvgIpc) is 3.06. The molecular formula is C17H22N4O2. The predicted molar refractivity (Wildman–Crippen MR) is 85.8 cm³/mol. The Balaban J connectivity index is 1.63. The smallest absolute Gasteiger partial charge is 0.227 e. The second-order valence-electron chi connectivity index (χ2n) is 6.24. The molecule has 2 aromatic heterocycles. The maximum absolute atomic E-state index is 12.5. The molecule has 1 aliphatic heterocycles. The molecule has 0 radical (unpaired) electrons. The molecule has 2 aromatic rings. The zero-order valence-corrected chi connectivity index (χ0v) is 13.5. The largest absolute Gasteiger partial charge is 0.391 e. The zero-order valence-electron chi connectivity index (χ0n) is 13.5. The Kier molecular flexibility index (Phi) is 4.43. The van der Waals surface area contributed by atoms with E-state index in [4.69, 9.17) is 0 Å². The van der Waals surface area contributed by atoms with Crippen molar-refractivity contribution in [2.45, 2.75) is 32.8 Å². The fourth-order valence-electron chi connectivity index (χ4n) is 3.14. The van der Waals surface area contributed by atoms with Gasteiger partial charge in [-0.1, -0.05) is 6.07 Å². The van der Waals surface area contributed by atoms with E-state index in [0.717, 1.165) is 22.6 Å². The van der Waals surface area contributed by atoms with Crippen LogP contribution in [0.2, 0.25) is 0 Å². The first-order valence-corrected chi connectivity index (χ1v) is 7.90. The number of carbonyl (C=O) groups excluding carboxylic acids is 1. The molecule has 23 heavy (non-hydrogen) atoms. The van der Waals surface area contributed by atoms with Crippen molar-refractivity contribution >= 4 is 5.91 Å². The number of rotatable bonds is 4. The van der Waals surface area contributed by atoms with Crippen molar-refractivity contribution in [2.24, 2.45) is 5.92 Å². The van der Waals surface area contributed by atoms with Crippen LogP contribution in [0.1, 0.15) is 22.6 Å². The summed E-state index contributed by atoms with van der Waals surface area (Å²) in [6.07, 6.45) is 2.28. The molecule has 6 heteroatoms. The van der Waals surface area contributed by atoms with Crippen molar-refractivity contribution in [1.29, 1.82) is 0 Å². The second kappa shape index (κ2) is 6.50. The Morgan fingerprint density at radius 2 is 2.22 bits per heavy atom. The molecule has 122 valence electrons. The Morgan fingerprint density at radius 1 is 1.39 bits per heavy atom. The number of β-amino-alcohol motifs (C(OH)–C–C–N with tert-alkyl or cyclic N) is 1. The van der Waals surface area contributed by atoms with Gasteiger partial charge in [-0.15, -0.1) is 0 Å². The SMILES string of the molecule is Cc1n[nH]c(C)c1CC(=O)N1C[C@@H](Cc2ccccn2)[C@H](O)C1. The van der Waals surface area contributed by atoms with Crippen LogP contribution in [0.4, 0.5) is 0 Å². The molecule has 0 aliphatic carbocycles. The van der Waals surface area contributed by atoms with Crippen molar-refractivity contribution in [1.82, 2.24) is 20.1 Å². The number of nitrogens with zero attached hydrogens (tertiary/aromatic N) is 3. The number of hydrogen-bond donors (Lipinski definition) is 2. The summed E-state index contributed by atoms with van der Waals surface area (Å²) < 4.78 is 0. The normalized spacial score (nSPS) is 20.9. The number of aliphatic hydroxyl groups excluding tert-OH is 1. The minimum absolute atomic E-state index is 0.0418. The number of amides is 1. The van der Waals surface area contributed by atoms with Gasteiger partial charge in [-0.3, -0.25) is 14.9 Å². The molecule has 6 nitrogen and oxygen atoms in total. The minimum atomic E-state index is -0.493. The van der Waals surface area contributed by atoms with E-state index in [0.29, 0.717) is 25.9 Å². The van der Waals surface area contributed by atoms with Gasteiger partial charge in [-0.05, 0) is 32.4 Å². The number of pyridine rings is 1. The topological polar surface area (TPSA) is 82.1 Å². The van der Waals surface area contributed by atoms with Crippen LogP contribution in [0.5, 0.6) is 0 Å². The van der Waals surface area contributed by atoms with Gasteiger partial charge in [-0.25, -0.2) is 0 Å². The number of hydrogen-bond acceptors (Lipinski definition) is 4. The zero-order chi connectivity index (χ0) is 16.4. The van der Waals surface area contributed by atoms with Crippen LogP contribution in [0.25, 0.3) is 0 Å². The van der Waals surface area contributed by atoms with E-state index in [9.17, 15) is 9.90 Å². The highest BCUT2D eigenvalue weighted by Gasteiger charge is 2.34. The Morgan fingerprint density at radius 3 is 2.87 bits per heavy atom. The lowest BCUT2D eigenvalue weighted by Gasteiger charge is -2.16. The van der Waals surface area contributed by atoms with E-state index in [1.165, 1.54) is 0 Å². The molecule has 3 heterocycles. The summed E-state index contributed by atoms with van der Waals surface area (Å²) in [5.74, 6) is 0.0839. The van der Waals surface area contributed by atoms with E-state index in [-0.39, 0.29) is 11.8 Å².